The molecular formula is C13H18O3. The van der Waals surface area contributed by atoms with Gasteiger partial charge < -0.3 is 9.84 Å². The Kier molecular flexibility index (Phi) is 4.50. The normalized spacial score (nSPS) is 14.2. The number of carbonyl (C=O) groups excluding carboxylic acids is 1. The summed E-state index contributed by atoms with van der Waals surface area (Å²) >= 11 is 0. The van der Waals surface area contributed by atoms with Gasteiger partial charge in [-0.3, -0.25) is 4.79 Å². The molecule has 0 unspecified atom stereocenters. The fraction of sp³-hybridized carbons (Fsp3) is 0.462. The molecule has 0 bridgehead atoms. The molecule has 1 aromatic rings. The van der Waals surface area contributed by atoms with Crippen LogP contribution in [0.5, 0.6) is 0 Å². The lowest BCUT2D eigenvalue weighted by Crippen LogP contribution is -2.11. The Balaban J connectivity index is 2.94. The van der Waals surface area contributed by atoms with Crippen molar-refractivity contribution in [3.05, 3.63) is 35.4 Å². The fourth-order valence-electron chi connectivity index (χ4n) is 1.58. The standard InChI is InChI=1S/C13H18O3/c1-4-12(14)11-7-5-6-10(8-11)9(2)13(15)16-3/h5-9,12,14H,4H2,1-3H3/t9-,12-/m0/s1. The van der Waals surface area contributed by atoms with Crippen LogP contribution < -0.4 is 0 Å². The van der Waals surface area contributed by atoms with Crippen LogP contribution >= 0.6 is 0 Å². The molecule has 0 aromatic heterocycles. The summed E-state index contributed by atoms with van der Waals surface area (Å²) in [5.74, 6) is -0.558. The van der Waals surface area contributed by atoms with E-state index in [1.165, 1.54) is 7.11 Å². The highest BCUT2D eigenvalue weighted by Crippen LogP contribution is 2.22. The van der Waals surface area contributed by atoms with Crippen LogP contribution in [0.4, 0.5) is 0 Å². The number of benzene rings is 1. The summed E-state index contributed by atoms with van der Waals surface area (Å²) in [5, 5.41) is 9.72. The Morgan fingerprint density at radius 3 is 2.62 bits per heavy atom. The summed E-state index contributed by atoms with van der Waals surface area (Å²) in [5.41, 5.74) is 1.72. The Labute approximate surface area is 96.1 Å². The molecule has 16 heavy (non-hydrogen) atoms. The van der Waals surface area contributed by atoms with Gasteiger partial charge in [0, 0.05) is 0 Å². The predicted octanol–water partition coefficient (Wildman–Crippen LogP) is 2.41. The highest BCUT2D eigenvalue weighted by atomic mass is 16.5. The molecule has 0 aliphatic carbocycles. The number of hydrogen-bond acceptors (Lipinski definition) is 3. The molecule has 0 heterocycles. The number of hydrogen-bond donors (Lipinski definition) is 1. The van der Waals surface area contributed by atoms with Gasteiger partial charge in [0.25, 0.3) is 0 Å². The quantitative estimate of drug-likeness (QED) is 0.796. The predicted molar refractivity (Wildman–Crippen MR) is 62.1 cm³/mol. The van der Waals surface area contributed by atoms with Gasteiger partial charge in [0.05, 0.1) is 19.1 Å². The Bertz CT molecular complexity index is 360. The Morgan fingerprint density at radius 2 is 2.06 bits per heavy atom. The fourth-order valence-corrected chi connectivity index (χ4v) is 1.58. The molecule has 3 nitrogen and oxygen atoms in total. The van der Waals surface area contributed by atoms with Gasteiger partial charge in [0.15, 0.2) is 0 Å². The van der Waals surface area contributed by atoms with Crippen LogP contribution in [-0.4, -0.2) is 18.2 Å². The number of methoxy groups -OCH3 is 1. The van der Waals surface area contributed by atoms with E-state index in [1.807, 2.05) is 31.2 Å². The molecule has 88 valence electrons. The molecule has 0 spiro atoms. The van der Waals surface area contributed by atoms with Gasteiger partial charge in [0.2, 0.25) is 0 Å². The largest absolute Gasteiger partial charge is 0.469 e. The van der Waals surface area contributed by atoms with Gasteiger partial charge in [-0.2, -0.15) is 0 Å². The molecule has 0 amide bonds. The lowest BCUT2D eigenvalue weighted by Gasteiger charge is -2.13. The zero-order valence-corrected chi connectivity index (χ0v) is 9.93. The lowest BCUT2D eigenvalue weighted by atomic mass is 9.97. The van der Waals surface area contributed by atoms with Crippen molar-refractivity contribution < 1.29 is 14.6 Å². The third-order valence-corrected chi connectivity index (χ3v) is 2.74. The van der Waals surface area contributed by atoms with Crippen LogP contribution in [-0.2, 0) is 9.53 Å². The maximum atomic E-state index is 11.4. The van der Waals surface area contributed by atoms with Gasteiger partial charge in [-0.25, -0.2) is 0 Å². The minimum Gasteiger partial charge on any atom is -0.469 e. The van der Waals surface area contributed by atoms with Crippen LogP contribution in [0.25, 0.3) is 0 Å². The molecule has 0 saturated heterocycles. The van der Waals surface area contributed by atoms with E-state index in [1.54, 1.807) is 6.92 Å². The van der Waals surface area contributed by atoms with Crippen LogP contribution in [0.15, 0.2) is 24.3 Å². The molecule has 2 atom stereocenters. The molecule has 0 fully saturated rings. The number of aliphatic hydroxyl groups is 1. The zero-order chi connectivity index (χ0) is 12.1. The molecule has 1 aromatic carbocycles. The highest BCUT2D eigenvalue weighted by Gasteiger charge is 2.16. The number of ether oxygens (including phenoxy) is 1. The third-order valence-electron chi connectivity index (χ3n) is 2.74. The van der Waals surface area contributed by atoms with Crippen LogP contribution in [0, 0.1) is 0 Å². The van der Waals surface area contributed by atoms with Crippen LogP contribution in [0.2, 0.25) is 0 Å². The lowest BCUT2D eigenvalue weighted by molar-refractivity contribution is -0.141. The average molecular weight is 222 g/mol. The molecule has 3 heteroatoms. The smallest absolute Gasteiger partial charge is 0.312 e. The van der Waals surface area contributed by atoms with E-state index in [-0.39, 0.29) is 11.9 Å². The van der Waals surface area contributed by atoms with Crippen molar-refractivity contribution >= 4 is 5.97 Å². The van der Waals surface area contributed by atoms with E-state index >= 15 is 0 Å². The van der Waals surface area contributed by atoms with Crippen molar-refractivity contribution in [2.75, 3.05) is 7.11 Å². The Morgan fingerprint density at radius 1 is 1.44 bits per heavy atom. The molecular weight excluding hydrogens is 204 g/mol. The van der Waals surface area contributed by atoms with E-state index in [0.717, 1.165) is 11.1 Å². The van der Waals surface area contributed by atoms with E-state index in [9.17, 15) is 9.90 Å². The van der Waals surface area contributed by atoms with Crippen molar-refractivity contribution in [3.8, 4) is 0 Å². The minimum atomic E-state index is -0.468. The summed E-state index contributed by atoms with van der Waals surface area (Å²) in [4.78, 5) is 11.4. The number of rotatable bonds is 4. The van der Waals surface area contributed by atoms with Gasteiger partial charge in [-0.05, 0) is 24.5 Å². The second kappa shape index (κ2) is 5.66. The van der Waals surface area contributed by atoms with Crippen molar-refractivity contribution in [2.45, 2.75) is 32.3 Å². The maximum absolute atomic E-state index is 11.4. The van der Waals surface area contributed by atoms with Crippen LogP contribution in [0.3, 0.4) is 0 Å². The van der Waals surface area contributed by atoms with E-state index in [2.05, 4.69) is 0 Å². The molecule has 0 radical (unpaired) electrons. The average Bonchev–Trinajstić information content (AvgIpc) is 2.36. The SMILES string of the molecule is CC[C@H](O)c1cccc([C@H](C)C(=O)OC)c1. The number of carbonyl (C=O) groups is 1. The second-order valence-electron chi connectivity index (χ2n) is 3.84. The summed E-state index contributed by atoms with van der Waals surface area (Å²) < 4.78 is 4.69. The first-order valence-electron chi connectivity index (χ1n) is 5.45. The van der Waals surface area contributed by atoms with Crippen molar-refractivity contribution in [1.29, 1.82) is 0 Å². The summed E-state index contributed by atoms with van der Waals surface area (Å²) in [6.45, 7) is 3.71. The summed E-state index contributed by atoms with van der Waals surface area (Å²) in [6, 6.07) is 7.44. The van der Waals surface area contributed by atoms with Gasteiger partial charge in [0.1, 0.15) is 0 Å². The van der Waals surface area contributed by atoms with E-state index in [0.29, 0.717) is 6.42 Å². The van der Waals surface area contributed by atoms with Gasteiger partial charge in [-0.1, -0.05) is 31.2 Å². The van der Waals surface area contributed by atoms with Gasteiger partial charge in [-0.15, -0.1) is 0 Å². The Hall–Kier alpha value is -1.35. The van der Waals surface area contributed by atoms with Crippen molar-refractivity contribution in [3.63, 3.8) is 0 Å². The highest BCUT2D eigenvalue weighted by molar-refractivity contribution is 5.77. The molecule has 0 aliphatic heterocycles. The molecule has 0 aliphatic rings. The monoisotopic (exact) mass is 222 g/mol. The van der Waals surface area contributed by atoms with Crippen molar-refractivity contribution in [2.24, 2.45) is 0 Å². The summed E-state index contributed by atoms with van der Waals surface area (Å²) in [7, 11) is 1.38. The molecule has 0 saturated carbocycles. The topological polar surface area (TPSA) is 46.5 Å². The minimum absolute atomic E-state index is 0.261. The van der Waals surface area contributed by atoms with Gasteiger partial charge >= 0.3 is 5.97 Å². The number of aliphatic hydroxyl groups excluding tert-OH is 1. The first-order chi connectivity index (χ1) is 7.60. The first-order valence-corrected chi connectivity index (χ1v) is 5.45. The van der Waals surface area contributed by atoms with Crippen molar-refractivity contribution in [1.82, 2.24) is 0 Å². The second-order valence-corrected chi connectivity index (χ2v) is 3.84. The molecule has 1 rings (SSSR count). The molecule has 1 N–H and O–H groups in total. The van der Waals surface area contributed by atoms with E-state index in [4.69, 9.17) is 4.74 Å². The van der Waals surface area contributed by atoms with Crippen LogP contribution in [0.1, 0.15) is 43.4 Å². The van der Waals surface area contributed by atoms with E-state index < -0.39 is 6.10 Å². The first kappa shape index (κ1) is 12.7. The number of esters is 1. The summed E-state index contributed by atoms with van der Waals surface area (Å²) in [6.07, 6.45) is 0.195. The third kappa shape index (κ3) is 2.83. The zero-order valence-electron chi connectivity index (χ0n) is 9.93. The maximum Gasteiger partial charge on any atom is 0.312 e.